The van der Waals surface area contributed by atoms with Crippen LogP contribution >= 0.6 is 0 Å². The summed E-state index contributed by atoms with van der Waals surface area (Å²) in [6.07, 6.45) is 6.24. The summed E-state index contributed by atoms with van der Waals surface area (Å²) >= 11 is 0. The summed E-state index contributed by atoms with van der Waals surface area (Å²) in [5.74, 6) is -0.0822. The number of aromatic nitrogens is 2. The number of carbonyl (C=O) groups excluding carboxylic acids is 1. The van der Waals surface area contributed by atoms with Crippen LogP contribution in [-0.4, -0.2) is 65.8 Å². The van der Waals surface area contributed by atoms with Crippen molar-refractivity contribution in [2.24, 2.45) is 0 Å². The smallest absolute Gasteiger partial charge is 0.251 e. The molecule has 174 valence electrons. The zero-order chi connectivity index (χ0) is 23.1. The van der Waals surface area contributed by atoms with E-state index >= 15 is 0 Å². The number of aryl methyl sites for hydroxylation is 1. The molecule has 0 aliphatic carbocycles. The summed E-state index contributed by atoms with van der Waals surface area (Å²) < 4.78 is 29.1. The molecule has 1 aliphatic heterocycles. The number of sulfonamides is 1. The van der Waals surface area contributed by atoms with Gasteiger partial charge in [-0.2, -0.15) is 4.31 Å². The first kappa shape index (κ1) is 23.2. The Bertz CT molecular complexity index is 1140. The Morgan fingerprint density at radius 3 is 2.52 bits per heavy atom. The van der Waals surface area contributed by atoms with Crippen LogP contribution in [0.3, 0.4) is 0 Å². The fourth-order valence-electron chi connectivity index (χ4n) is 3.92. The number of carbonyl (C=O) groups is 1. The van der Waals surface area contributed by atoms with Gasteiger partial charge in [0.05, 0.1) is 11.2 Å². The Kier molecular flexibility index (Phi) is 7.54. The van der Waals surface area contributed by atoms with Gasteiger partial charge in [-0.25, -0.2) is 13.4 Å². The predicted molar refractivity (Wildman–Crippen MR) is 126 cm³/mol. The standard InChI is InChI=1S/C24H29N5O3S/c30-24(26-10-5-12-28-13-11-25-20-28)22-7-4-6-21(18-22)19-27-14-16-29(17-15-27)33(31,32)23-8-2-1-3-9-23/h1-4,6-9,11,13,18,20H,5,10,12,14-17,19H2,(H,26,30). The summed E-state index contributed by atoms with van der Waals surface area (Å²) in [6.45, 7) is 4.29. The highest BCUT2D eigenvalue weighted by atomic mass is 32.2. The maximum atomic E-state index is 12.8. The molecule has 1 aliphatic rings. The summed E-state index contributed by atoms with van der Waals surface area (Å²) in [5, 5.41) is 2.97. The van der Waals surface area contributed by atoms with Gasteiger partial charge >= 0.3 is 0 Å². The number of imidazole rings is 1. The van der Waals surface area contributed by atoms with Crippen molar-refractivity contribution < 1.29 is 13.2 Å². The van der Waals surface area contributed by atoms with Gasteiger partial charge in [0, 0.05) is 63.8 Å². The molecule has 0 radical (unpaired) electrons. The molecule has 0 bridgehead atoms. The van der Waals surface area contributed by atoms with Crippen molar-refractivity contribution in [3.63, 3.8) is 0 Å². The summed E-state index contributed by atoms with van der Waals surface area (Å²) in [4.78, 5) is 19.1. The van der Waals surface area contributed by atoms with Crippen molar-refractivity contribution in [1.29, 1.82) is 0 Å². The number of hydrogen-bond acceptors (Lipinski definition) is 5. The molecule has 8 nitrogen and oxygen atoms in total. The highest BCUT2D eigenvalue weighted by Gasteiger charge is 2.28. The maximum absolute atomic E-state index is 12.8. The minimum absolute atomic E-state index is 0.0822. The van der Waals surface area contributed by atoms with E-state index in [4.69, 9.17) is 0 Å². The first-order chi connectivity index (χ1) is 16.0. The fourth-order valence-corrected chi connectivity index (χ4v) is 5.37. The molecule has 4 rings (SSSR count). The first-order valence-corrected chi connectivity index (χ1v) is 12.6. The van der Waals surface area contributed by atoms with Crippen LogP contribution in [0, 0.1) is 0 Å². The molecule has 33 heavy (non-hydrogen) atoms. The molecule has 3 aromatic rings. The van der Waals surface area contributed by atoms with Crippen LogP contribution in [0.15, 0.2) is 78.2 Å². The van der Waals surface area contributed by atoms with E-state index in [1.54, 1.807) is 41.1 Å². The Balaban J connectivity index is 1.26. The second kappa shape index (κ2) is 10.7. The lowest BCUT2D eigenvalue weighted by atomic mass is 10.1. The molecule has 1 fully saturated rings. The minimum atomic E-state index is -3.45. The monoisotopic (exact) mass is 467 g/mol. The lowest BCUT2D eigenvalue weighted by Crippen LogP contribution is -2.48. The first-order valence-electron chi connectivity index (χ1n) is 11.1. The summed E-state index contributed by atoms with van der Waals surface area (Å²) in [6, 6.07) is 16.2. The van der Waals surface area contributed by atoms with E-state index in [9.17, 15) is 13.2 Å². The third-order valence-electron chi connectivity index (χ3n) is 5.75. The Hall–Kier alpha value is -3.01. The molecule has 0 atom stereocenters. The third-order valence-corrected chi connectivity index (χ3v) is 7.66. The minimum Gasteiger partial charge on any atom is -0.352 e. The molecule has 1 N–H and O–H groups in total. The SMILES string of the molecule is O=C(NCCCn1ccnc1)c1cccc(CN2CCN(S(=O)(=O)c3ccccc3)CC2)c1. The lowest BCUT2D eigenvalue weighted by molar-refractivity contribution is 0.0952. The van der Waals surface area contributed by atoms with Gasteiger partial charge < -0.3 is 9.88 Å². The van der Waals surface area contributed by atoms with Gasteiger partial charge in [0.15, 0.2) is 0 Å². The molecule has 0 spiro atoms. The van der Waals surface area contributed by atoms with Gasteiger partial charge in [0.25, 0.3) is 5.91 Å². The molecule has 0 saturated carbocycles. The van der Waals surface area contributed by atoms with Crippen LogP contribution < -0.4 is 5.32 Å². The van der Waals surface area contributed by atoms with Gasteiger partial charge in [-0.05, 0) is 36.2 Å². The van der Waals surface area contributed by atoms with Crippen molar-refractivity contribution in [2.75, 3.05) is 32.7 Å². The van der Waals surface area contributed by atoms with Crippen molar-refractivity contribution >= 4 is 15.9 Å². The van der Waals surface area contributed by atoms with Gasteiger partial charge in [0.1, 0.15) is 0 Å². The van der Waals surface area contributed by atoms with E-state index in [1.807, 2.05) is 41.1 Å². The lowest BCUT2D eigenvalue weighted by Gasteiger charge is -2.34. The van der Waals surface area contributed by atoms with E-state index < -0.39 is 10.0 Å². The Morgan fingerprint density at radius 1 is 1.00 bits per heavy atom. The fraction of sp³-hybridized carbons (Fsp3) is 0.333. The normalized spacial score (nSPS) is 15.4. The van der Waals surface area contributed by atoms with Crippen molar-refractivity contribution in [3.05, 3.63) is 84.4 Å². The molecule has 0 unspecified atom stereocenters. The van der Waals surface area contributed by atoms with Crippen LogP contribution in [0.5, 0.6) is 0 Å². The van der Waals surface area contributed by atoms with Crippen molar-refractivity contribution in [1.82, 2.24) is 24.1 Å². The van der Waals surface area contributed by atoms with Crippen LogP contribution in [0.2, 0.25) is 0 Å². The molecule has 1 amide bonds. The van der Waals surface area contributed by atoms with E-state index in [0.29, 0.717) is 49.7 Å². The summed E-state index contributed by atoms with van der Waals surface area (Å²) in [7, 11) is -3.45. The number of piperazine rings is 1. The van der Waals surface area contributed by atoms with E-state index in [1.165, 1.54) is 0 Å². The van der Waals surface area contributed by atoms with Gasteiger partial charge in [-0.1, -0.05) is 30.3 Å². The number of amides is 1. The van der Waals surface area contributed by atoms with Crippen LogP contribution in [0.25, 0.3) is 0 Å². The number of rotatable bonds is 9. The molecular formula is C24H29N5O3S. The molecule has 9 heteroatoms. The molecule has 1 saturated heterocycles. The van der Waals surface area contributed by atoms with Crippen LogP contribution in [-0.2, 0) is 23.1 Å². The van der Waals surface area contributed by atoms with Gasteiger partial charge in [-0.15, -0.1) is 0 Å². The largest absolute Gasteiger partial charge is 0.352 e. The van der Waals surface area contributed by atoms with Crippen molar-refractivity contribution in [2.45, 2.75) is 24.4 Å². The second-order valence-electron chi connectivity index (χ2n) is 8.10. The molecule has 2 aromatic carbocycles. The van der Waals surface area contributed by atoms with Crippen LogP contribution in [0.4, 0.5) is 0 Å². The zero-order valence-electron chi connectivity index (χ0n) is 18.5. The number of nitrogens with one attached hydrogen (secondary N) is 1. The van der Waals surface area contributed by atoms with Crippen LogP contribution in [0.1, 0.15) is 22.3 Å². The quantitative estimate of drug-likeness (QED) is 0.488. The molecule has 1 aromatic heterocycles. The summed E-state index contributed by atoms with van der Waals surface area (Å²) in [5.41, 5.74) is 1.68. The number of benzene rings is 2. The Labute approximate surface area is 194 Å². The highest BCUT2D eigenvalue weighted by Crippen LogP contribution is 2.18. The van der Waals surface area contributed by atoms with E-state index in [0.717, 1.165) is 18.5 Å². The average Bonchev–Trinajstić information content (AvgIpc) is 3.36. The molecule has 2 heterocycles. The van der Waals surface area contributed by atoms with E-state index in [-0.39, 0.29) is 5.91 Å². The number of nitrogens with zero attached hydrogens (tertiary/aromatic N) is 4. The average molecular weight is 468 g/mol. The van der Waals surface area contributed by atoms with E-state index in [2.05, 4.69) is 15.2 Å². The maximum Gasteiger partial charge on any atom is 0.251 e. The Morgan fingerprint density at radius 2 is 1.79 bits per heavy atom. The predicted octanol–water partition coefficient (Wildman–Crippen LogP) is 2.21. The topological polar surface area (TPSA) is 87.5 Å². The van der Waals surface area contributed by atoms with Crippen molar-refractivity contribution in [3.8, 4) is 0 Å². The van der Waals surface area contributed by atoms with Gasteiger partial charge in [0.2, 0.25) is 10.0 Å². The van der Waals surface area contributed by atoms with Gasteiger partial charge in [-0.3, -0.25) is 9.69 Å². The zero-order valence-corrected chi connectivity index (χ0v) is 19.3. The third kappa shape index (κ3) is 6.07. The molecular weight excluding hydrogens is 438 g/mol. The number of hydrogen-bond donors (Lipinski definition) is 1. The second-order valence-corrected chi connectivity index (χ2v) is 10.0. The highest BCUT2D eigenvalue weighted by molar-refractivity contribution is 7.89.